The van der Waals surface area contributed by atoms with Crippen molar-refractivity contribution < 1.29 is 14.3 Å². The summed E-state index contributed by atoms with van der Waals surface area (Å²) in [6.45, 7) is 8.94. The maximum Gasteiger partial charge on any atom is 0.341 e. The van der Waals surface area contributed by atoms with Gasteiger partial charge in [0.05, 0.1) is 0 Å². The lowest BCUT2D eigenvalue weighted by Gasteiger charge is -2.03. The van der Waals surface area contributed by atoms with E-state index in [-0.39, 0.29) is 0 Å². The molecular weight excluding hydrogens is 192 g/mol. The summed E-state index contributed by atoms with van der Waals surface area (Å²) >= 11 is 0. The fraction of sp³-hybridized carbons (Fsp3) is 0.500. The molecule has 0 aliphatic heterocycles. The Kier molecular flexibility index (Phi) is 6.34. The van der Waals surface area contributed by atoms with E-state index < -0.39 is 11.9 Å². The van der Waals surface area contributed by atoms with E-state index in [9.17, 15) is 9.59 Å². The molecule has 0 bridgehead atoms. The number of carbonyl (C=O) groups is 2. The molecule has 0 aliphatic carbocycles. The predicted octanol–water partition coefficient (Wildman–Crippen LogP) is 2.77. The molecule has 0 heterocycles. The van der Waals surface area contributed by atoms with Gasteiger partial charge in [-0.05, 0) is 19.8 Å². The average Bonchev–Trinajstić information content (AvgIpc) is 2.24. The van der Waals surface area contributed by atoms with Crippen LogP contribution in [0.3, 0.4) is 0 Å². The number of allylic oxidation sites excluding steroid dienone is 1. The molecule has 0 spiro atoms. The largest absolute Gasteiger partial charge is 0.386 e. The van der Waals surface area contributed by atoms with Crippen LogP contribution in [0, 0.1) is 0 Å². The van der Waals surface area contributed by atoms with Gasteiger partial charge in [-0.2, -0.15) is 0 Å². The molecule has 0 radical (unpaired) electrons. The number of carbonyl (C=O) groups excluding carboxylic acids is 2. The number of hydrogen-bond donors (Lipinski definition) is 0. The molecular formula is C12H18O3. The molecule has 0 amide bonds. The van der Waals surface area contributed by atoms with Gasteiger partial charge in [0.15, 0.2) is 0 Å². The molecule has 84 valence electrons. The Labute approximate surface area is 90.8 Å². The second-order valence-corrected chi connectivity index (χ2v) is 3.31. The van der Waals surface area contributed by atoms with Crippen LogP contribution in [-0.4, -0.2) is 11.9 Å². The molecule has 0 saturated heterocycles. The molecule has 0 fully saturated rings. The Morgan fingerprint density at radius 2 is 1.87 bits per heavy atom. The number of ether oxygens (including phenoxy) is 1. The van der Waals surface area contributed by atoms with Crippen molar-refractivity contribution in [3.05, 3.63) is 23.8 Å². The summed E-state index contributed by atoms with van der Waals surface area (Å²) in [5.74, 6) is -1.21. The van der Waals surface area contributed by atoms with E-state index in [0.29, 0.717) is 17.6 Å². The van der Waals surface area contributed by atoms with Crippen LogP contribution < -0.4 is 0 Å². The molecule has 0 unspecified atom stereocenters. The lowest BCUT2D eigenvalue weighted by atomic mass is 10.2. The van der Waals surface area contributed by atoms with Crippen LogP contribution in [0.25, 0.3) is 0 Å². The molecule has 0 aromatic carbocycles. The topological polar surface area (TPSA) is 43.4 Å². The van der Waals surface area contributed by atoms with Crippen molar-refractivity contribution in [2.75, 3.05) is 0 Å². The van der Waals surface area contributed by atoms with Crippen LogP contribution in [0.2, 0.25) is 0 Å². The lowest BCUT2D eigenvalue weighted by Crippen LogP contribution is -2.14. The van der Waals surface area contributed by atoms with Gasteiger partial charge < -0.3 is 4.74 Å². The van der Waals surface area contributed by atoms with Gasteiger partial charge in [0.25, 0.3) is 0 Å². The van der Waals surface area contributed by atoms with Gasteiger partial charge >= 0.3 is 11.9 Å². The molecule has 0 aromatic rings. The quantitative estimate of drug-likeness (QED) is 0.398. The molecule has 0 aliphatic rings. The third-order valence-electron chi connectivity index (χ3n) is 1.96. The normalized spacial score (nSPS) is 11.0. The maximum atomic E-state index is 11.3. The van der Waals surface area contributed by atoms with Crippen LogP contribution in [0.4, 0.5) is 0 Å². The van der Waals surface area contributed by atoms with E-state index in [1.165, 1.54) is 0 Å². The zero-order valence-corrected chi connectivity index (χ0v) is 9.63. The van der Waals surface area contributed by atoms with Crippen molar-refractivity contribution >= 4 is 11.9 Å². The van der Waals surface area contributed by atoms with E-state index in [1.807, 2.05) is 6.92 Å². The van der Waals surface area contributed by atoms with E-state index >= 15 is 0 Å². The highest BCUT2D eigenvalue weighted by Crippen LogP contribution is 2.05. The smallest absolute Gasteiger partial charge is 0.341 e. The second-order valence-electron chi connectivity index (χ2n) is 3.31. The summed E-state index contributed by atoms with van der Waals surface area (Å²) in [5, 5.41) is 0. The molecule has 0 atom stereocenters. The minimum absolute atomic E-state index is 0.312. The van der Waals surface area contributed by atoms with Gasteiger partial charge in [0.2, 0.25) is 0 Å². The van der Waals surface area contributed by atoms with Gasteiger partial charge in [-0.1, -0.05) is 32.9 Å². The summed E-state index contributed by atoms with van der Waals surface area (Å²) in [6.07, 6.45) is 4.03. The summed E-state index contributed by atoms with van der Waals surface area (Å²) in [5.41, 5.74) is 0.778. The number of esters is 2. The highest BCUT2D eigenvalue weighted by molar-refractivity contribution is 6.01. The Hall–Kier alpha value is -1.38. The monoisotopic (exact) mass is 210 g/mol. The Morgan fingerprint density at radius 3 is 2.33 bits per heavy atom. The number of unbranched alkanes of at least 4 members (excludes halogenated alkanes) is 1. The zero-order valence-electron chi connectivity index (χ0n) is 9.63. The van der Waals surface area contributed by atoms with Crippen molar-refractivity contribution in [3.63, 3.8) is 0 Å². The standard InChI is InChI=1S/C12H18O3/c1-5-7-8-10(4)12(14)15-11(13)9(3)6-2/h8H,3,5-7H2,1-2,4H3. The summed E-state index contributed by atoms with van der Waals surface area (Å²) in [6, 6.07) is 0. The molecule has 0 aromatic heterocycles. The minimum atomic E-state index is -0.633. The molecule has 3 nitrogen and oxygen atoms in total. The van der Waals surface area contributed by atoms with Crippen molar-refractivity contribution in [1.82, 2.24) is 0 Å². The predicted molar refractivity (Wildman–Crippen MR) is 59.2 cm³/mol. The van der Waals surface area contributed by atoms with Gasteiger partial charge in [-0.25, -0.2) is 9.59 Å². The van der Waals surface area contributed by atoms with Crippen molar-refractivity contribution in [2.45, 2.75) is 40.0 Å². The van der Waals surface area contributed by atoms with E-state index in [4.69, 9.17) is 0 Å². The average molecular weight is 210 g/mol. The Morgan fingerprint density at radius 1 is 1.27 bits per heavy atom. The van der Waals surface area contributed by atoms with Crippen LogP contribution in [0.5, 0.6) is 0 Å². The van der Waals surface area contributed by atoms with Crippen molar-refractivity contribution in [1.29, 1.82) is 0 Å². The molecule has 3 heteroatoms. The van der Waals surface area contributed by atoms with Crippen molar-refractivity contribution in [3.8, 4) is 0 Å². The molecule has 0 rings (SSSR count). The summed E-state index contributed by atoms with van der Waals surface area (Å²) < 4.78 is 4.62. The Bertz CT molecular complexity index is 287. The zero-order chi connectivity index (χ0) is 11.8. The van der Waals surface area contributed by atoms with Gasteiger partial charge in [0, 0.05) is 11.1 Å². The third kappa shape index (κ3) is 5.15. The van der Waals surface area contributed by atoms with E-state index in [0.717, 1.165) is 12.8 Å². The van der Waals surface area contributed by atoms with Gasteiger partial charge in [-0.15, -0.1) is 0 Å². The highest BCUT2D eigenvalue weighted by Gasteiger charge is 2.13. The van der Waals surface area contributed by atoms with E-state index in [1.54, 1.807) is 19.9 Å². The van der Waals surface area contributed by atoms with Gasteiger partial charge in [-0.3, -0.25) is 0 Å². The van der Waals surface area contributed by atoms with Crippen LogP contribution in [0.1, 0.15) is 40.0 Å². The fourth-order valence-electron chi connectivity index (χ4n) is 0.825. The van der Waals surface area contributed by atoms with Crippen LogP contribution >= 0.6 is 0 Å². The first-order valence-electron chi connectivity index (χ1n) is 5.13. The summed E-state index contributed by atoms with van der Waals surface area (Å²) in [7, 11) is 0. The van der Waals surface area contributed by atoms with Crippen molar-refractivity contribution in [2.24, 2.45) is 0 Å². The molecule has 0 saturated carbocycles. The summed E-state index contributed by atoms with van der Waals surface area (Å²) in [4.78, 5) is 22.5. The van der Waals surface area contributed by atoms with Crippen LogP contribution in [0.15, 0.2) is 23.8 Å². The first-order valence-corrected chi connectivity index (χ1v) is 5.13. The minimum Gasteiger partial charge on any atom is -0.386 e. The van der Waals surface area contributed by atoms with Crippen LogP contribution in [-0.2, 0) is 14.3 Å². The molecule has 15 heavy (non-hydrogen) atoms. The SMILES string of the molecule is C=C(CC)C(=O)OC(=O)C(C)=CCCC. The highest BCUT2D eigenvalue weighted by atomic mass is 16.6. The first kappa shape index (κ1) is 13.6. The number of rotatable bonds is 5. The molecule has 0 N–H and O–H groups in total. The van der Waals surface area contributed by atoms with Gasteiger partial charge in [0.1, 0.15) is 0 Å². The Balaban J connectivity index is 4.25. The van der Waals surface area contributed by atoms with E-state index in [2.05, 4.69) is 11.3 Å². The second kappa shape index (κ2) is 6.98. The number of hydrogen-bond acceptors (Lipinski definition) is 3. The fourth-order valence-corrected chi connectivity index (χ4v) is 0.825. The maximum absolute atomic E-state index is 11.3. The lowest BCUT2D eigenvalue weighted by molar-refractivity contribution is -0.154. The first-order chi connectivity index (χ1) is 7.02. The third-order valence-corrected chi connectivity index (χ3v) is 1.96.